The zero-order valence-corrected chi connectivity index (χ0v) is 25.0. The summed E-state index contributed by atoms with van der Waals surface area (Å²) in [5.41, 5.74) is 1.15. The maximum absolute atomic E-state index is 13.5. The van der Waals surface area contributed by atoms with E-state index >= 15 is 0 Å². The Kier molecular flexibility index (Phi) is 10.1. The van der Waals surface area contributed by atoms with Crippen LogP contribution in [-0.4, -0.2) is 64.9 Å². The van der Waals surface area contributed by atoms with Crippen LogP contribution in [0.5, 0.6) is 5.88 Å². The lowest BCUT2D eigenvalue weighted by atomic mass is 9.88. The molecule has 39 heavy (non-hydrogen) atoms. The Hall–Kier alpha value is -3.44. The van der Waals surface area contributed by atoms with Crippen molar-refractivity contribution in [3.05, 3.63) is 68.7 Å². The van der Waals surface area contributed by atoms with Gasteiger partial charge in [0.05, 0.1) is 18.0 Å². The predicted octanol–water partition coefficient (Wildman–Crippen LogP) is 3.62. The van der Waals surface area contributed by atoms with Crippen LogP contribution in [0.25, 0.3) is 5.69 Å². The summed E-state index contributed by atoms with van der Waals surface area (Å²) < 4.78 is 9.50. The summed E-state index contributed by atoms with van der Waals surface area (Å²) in [7, 11) is 5.74. The number of aromatic nitrogens is 3. The fourth-order valence-electron chi connectivity index (χ4n) is 4.19. The summed E-state index contributed by atoms with van der Waals surface area (Å²) >= 11 is 3.34. The van der Waals surface area contributed by atoms with Crippen molar-refractivity contribution in [1.29, 1.82) is 0 Å². The minimum absolute atomic E-state index is 0.0924. The molecule has 0 aliphatic rings. The molecule has 3 rings (SSSR count). The molecule has 0 spiro atoms. The number of amides is 2. The highest BCUT2D eigenvalue weighted by atomic mass is 79.9. The second-order valence-electron chi connectivity index (χ2n) is 10.4. The van der Waals surface area contributed by atoms with Crippen LogP contribution >= 0.6 is 15.9 Å². The van der Waals surface area contributed by atoms with Crippen molar-refractivity contribution in [3.8, 4) is 11.6 Å². The number of likely N-dealkylation sites (N-methyl/N-ethyl adjacent to an activating group) is 1. The molecule has 0 saturated carbocycles. The van der Waals surface area contributed by atoms with Gasteiger partial charge >= 0.3 is 0 Å². The Morgan fingerprint density at radius 3 is 2.51 bits per heavy atom. The van der Waals surface area contributed by atoms with Crippen molar-refractivity contribution in [1.82, 2.24) is 24.6 Å². The van der Waals surface area contributed by atoms with E-state index in [1.54, 1.807) is 21.6 Å². The third kappa shape index (κ3) is 7.79. The number of benzene rings is 1. The molecule has 2 aromatic heterocycles. The molecular formula is C28H37BrN6O4. The van der Waals surface area contributed by atoms with Crippen LogP contribution in [-0.2, 0) is 18.3 Å². The van der Waals surface area contributed by atoms with Crippen LogP contribution < -0.4 is 20.9 Å². The molecule has 1 aromatic carbocycles. The van der Waals surface area contributed by atoms with Gasteiger partial charge in [0.2, 0.25) is 11.8 Å². The van der Waals surface area contributed by atoms with E-state index in [2.05, 4.69) is 31.5 Å². The Morgan fingerprint density at radius 2 is 1.87 bits per heavy atom. The summed E-state index contributed by atoms with van der Waals surface area (Å²) in [6.45, 7) is 6.91. The Morgan fingerprint density at radius 1 is 1.18 bits per heavy atom. The van der Waals surface area contributed by atoms with Gasteiger partial charge in [0.1, 0.15) is 11.3 Å². The summed E-state index contributed by atoms with van der Waals surface area (Å²) in [6.07, 6.45) is 2.24. The fourth-order valence-corrected chi connectivity index (χ4v) is 4.52. The van der Waals surface area contributed by atoms with Crippen LogP contribution in [0.1, 0.15) is 43.2 Å². The maximum Gasteiger partial charge on any atom is 0.295 e. The molecule has 0 saturated heterocycles. The number of para-hydroxylation sites is 1. The molecule has 210 valence electrons. The number of ether oxygens (including phenoxy) is 1. The average Bonchev–Trinajstić information content (AvgIpc) is 3.10. The summed E-state index contributed by atoms with van der Waals surface area (Å²) in [6, 6.07) is 11.0. The lowest BCUT2D eigenvalue weighted by molar-refractivity contribution is -0.118. The minimum atomic E-state index is -0.595. The van der Waals surface area contributed by atoms with Crippen LogP contribution in [0.4, 0.5) is 5.69 Å². The third-order valence-corrected chi connectivity index (χ3v) is 6.59. The minimum Gasteiger partial charge on any atom is -0.477 e. The zero-order chi connectivity index (χ0) is 28.7. The number of pyridine rings is 1. The Labute approximate surface area is 237 Å². The largest absolute Gasteiger partial charge is 0.477 e. The molecule has 11 heteroatoms. The van der Waals surface area contributed by atoms with Crippen molar-refractivity contribution < 1.29 is 14.3 Å². The van der Waals surface area contributed by atoms with E-state index in [4.69, 9.17) is 4.74 Å². The SMILES string of the molecule is CCOc1ncc(Br)cc1C(=O)NCC(C)(C)CC(=O)Nc1c(CCN(C)C)n(C)n(-c2ccccc2)c1=O. The molecule has 0 unspecified atom stereocenters. The van der Waals surface area contributed by atoms with E-state index < -0.39 is 5.41 Å². The van der Waals surface area contributed by atoms with E-state index in [-0.39, 0.29) is 41.9 Å². The summed E-state index contributed by atoms with van der Waals surface area (Å²) in [4.78, 5) is 45.8. The normalized spacial score (nSPS) is 11.5. The first-order chi connectivity index (χ1) is 18.4. The van der Waals surface area contributed by atoms with E-state index in [0.717, 1.165) is 5.69 Å². The van der Waals surface area contributed by atoms with Crippen LogP contribution in [0.15, 0.2) is 51.9 Å². The molecule has 0 atom stereocenters. The van der Waals surface area contributed by atoms with E-state index in [9.17, 15) is 14.4 Å². The van der Waals surface area contributed by atoms with Gasteiger partial charge in [-0.3, -0.25) is 19.1 Å². The number of hydrogen-bond donors (Lipinski definition) is 2. The molecule has 0 fully saturated rings. The summed E-state index contributed by atoms with van der Waals surface area (Å²) in [5, 5.41) is 5.77. The lowest BCUT2D eigenvalue weighted by Gasteiger charge is -2.24. The van der Waals surface area contributed by atoms with Gasteiger partial charge < -0.3 is 20.3 Å². The predicted molar refractivity (Wildman–Crippen MR) is 156 cm³/mol. The number of carbonyl (C=O) groups is 2. The van der Waals surface area contributed by atoms with Gasteiger partial charge in [0.15, 0.2) is 0 Å². The fraction of sp³-hybridized carbons (Fsp3) is 0.429. The van der Waals surface area contributed by atoms with Crippen LogP contribution in [0.2, 0.25) is 0 Å². The first kappa shape index (κ1) is 30.1. The lowest BCUT2D eigenvalue weighted by Crippen LogP contribution is -2.37. The molecule has 3 aromatic rings. The first-order valence-corrected chi connectivity index (χ1v) is 13.6. The standard InChI is InChI=1S/C28H37BrN6O4/c1-7-39-26-21(15-19(29)17-30-26)25(37)31-18-28(2,3)16-23(36)32-24-22(13-14-33(4)5)34(6)35(27(24)38)20-11-9-8-10-12-20/h8-12,15,17H,7,13-14,16,18H2,1-6H3,(H,31,37)(H,32,36). The van der Waals surface area contributed by atoms with Gasteiger partial charge in [-0.1, -0.05) is 32.0 Å². The monoisotopic (exact) mass is 600 g/mol. The highest BCUT2D eigenvalue weighted by molar-refractivity contribution is 9.10. The van der Waals surface area contributed by atoms with Gasteiger partial charge in [-0.05, 0) is 60.6 Å². The average molecular weight is 602 g/mol. The van der Waals surface area contributed by atoms with Crippen molar-refractivity contribution in [2.24, 2.45) is 12.5 Å². The highest BCUT2D eigenvalue weighted by Gasteiger charge is 2.27. The molecule has 10 nitrogen and oxygen atoms in total. The second-order valence-corrected chi connectivity index (χ2v) is 11.3. The highest BCUT2D eigenvalue weighted by Crippen LogP contribution is 2.24. The Bertz CT molecular complexity index is 1360. The molecule has 2 heterocycles. The van der Waals surface area contributed by atoms with Crippen LogP contribution in [0, 0.1) is 5.41 Å². The number of nitrogens with zero attached hydrogens (tertiary/aromatic N) is 4. The number of carbonyl (C=O) groups excluding carboxylic acids is 2. The molecule has 2 amide bonds. The molecule has 0 bridgehead atoms. The first-order valence-electron chi connectivity index (χ1n) is 12.8. The number of rotatable bonds is 12. The zero-order valence-electron chi connectivity index (χ0n) is 23.4. The number of anilines is 1. The molecule has 2 N–H and O–H groups in total. The van der Waals surface area contributed by atoms with Gasteiger partial charge in [-0.25, -0.2) is 9.67 Å². The molecular weight excluding hydrogens is 564 g/mol. The van der Waals surface area contributed by atoms with Gasteiger partial charge in [-0.2, -0.15) is 0 Å². The van der Waals surface area contributed by atoms with Crippen molar-refractivity contribution >= 4 is 33.4 Å². The number of halogens is 1. The van der Waals surface area contributed by atoms with Crippen LogP contribution in [0.3, 0.4) is 0 Å². The molecule has 0 radical (unpaired) electrons. The van der Waals surface area contributed by atoms with E-state index in [1.165, 1.54) is 0 Å². The van der Waals surface area contributed by atoms with E-state index in [0.29, 0.717) is 35.3 Å². The summed E-state index contributed by atoms with van der Waals surface area (Å²) in [5.74, 6) is -0.402. The molecule has 0 aliphatic heterocycles. The quantitative estimate of drug-likeness (QED) is 0.328. The number of nitrogens with one attached hydrogen (secondary N) is 2. The van der Waals surface area contributed by atoms with Gasteiger partial charge in [0.25, 0.3) is 11.5 Å². The second kappa shape index (κ2) is 13.1. The van der Waals surface area contributed by atoms with Crippen molar-refractivity contribution in [2.75, 3.05) is 39.1 Å². The van der Waals surface area contributed by atoms with E-state index in [1.807, 2.05) is 77.1 Å². The topological polar surface area (TPSA) is 110 Å². The van der Waals surface area contributed by atoms with Gasteiger partial charge in [-0.15, -0.1) is 0 Å². The smallest absolute Gasteiger partial charge is 0.295 e. The van der Waals surface area contributed by atoms with Crippen molar-refractivity contribution in [2.45, 2.75) is 33.6 Å². The number of hydrogen-bond acceptors (Lipinski definition) is 6. The molecule has 0 aliphatic carbocycles. The maximum atomic E-state index is 13.5. The third-order valence-electron chi connectivity index (χ3n) is 6.16. The van der Waals surface area contributed by atoms with Crippen molar-refractivity contribution in [3.63, 3.8) is 0 Å². The Balaban J connectivity index is 1.76. The van der Waals surface area contributed by atoms with Gasteiger partial charge in [0, 0.05) is 43.6 Å².